The minimum absolute atomic E-state index is 0.0649. The number of carbonyl (C=O) groups is 1. The molecule has 4 nitrogen and oxygen atoms in total. The second-order valence-corrected chi connectivity index (χ2v) is 5.39. The first-order valence-corrected chi connectivity index (χ1v) is 7.24. The van der Waals surface area contributed by atoms with Gasteiger partial charge in [0.05, 0.1) is 6.54 Å². The summed E-state index contributed by atoms with van der Waals surface area (Å²) in [6.45, 7) is 6.59. The highest BCUT2D eigenvalue weighted by molar-refractivity contribution is 5.73. The molecule has 2 heterocycles. The van der Waals surface area contributed by atoms with Crippen LogP contribution in [0.25, 0.3) is 0 Å². The standard InChI is InChI=1S/C15H24N2O2/c1-3-5-14-7-8-15(19-14)11-17-9-4-6-13(10-17)16-12(2)18/h7-8,13H,3-6,9-11H2,1-2H3,(H,16,18)/t13-/m0/s1. The van der Waals surface area contributed by atoms with Gasteiger partial charge in [-0.05, 0) is 37.9 Å². The predicted octanol–water partition coefficient (Wildman–Crippen LogP) is 2.33. The number of nitrogens with zero attached hydrogens (tertiary/aromatic N) is 1. The van der Waals surface area contributed by atoms with Gasteiger partial charge in [0.15, 0.2) is 0 Å². The number of rotatable bonds is 5. The van der Waals surface area contributed by atoms with Gasteiger partial charge in [-0.25, -0.2) is 0 Å². The molecule has 4 heteroatoms. The first kappa shape index (κ1) is 14.1. The molecule has 0 aromatic carbocycles. The fourth-order valence-corrected chi connectivity index (χ4v) is 2.71. The Hall–Kier alpha value is -1.29. The van der Waals surface area contributed by atoms with Crippen LogP contribution < -0.4 is 5.32 Å². The molecule has 0 bridgehead atoms. The average molecular weight is 264 g/mol. The molecule has 0 radical (unpaired) electrons. The SMILES string of the molecule is CCCc1ccc(CN2CCC[C@H](NC(C)=O)C2)o1. The van der Waals surface area contributed by atoms with E-state index in [4.69, 9.17) is 4.42 Å². The van der Waals surface area contributed by atoms with Crippen LogP contribution in [0, 0.1) is 0 Å². The molecule has 1 fully saturated rings. The van der Waals surface area contributed by atoms with Gasteiger partial charge in [0.2, 0.25) is 5.91 Å². The lowest BCUT2D eigenvalue weighted by atomic mass is 10.1. The number of likely N-dealkylation sites (tertiary alicyclic amines) is 1. The average Bonchev–Trinajstić information content (AvgIpc) is 2.76. The fourth-order valence-electron chi connectivity index (χ4n) is 2.71. The third-order valence-corrected chi connectivity index (χ3v) is 3.51. The number of carbonyl (C=O) groups excluding carboxylic acids is 1. The van der Waals surface area contributed by atoms with Crippen LogP contribution in [0.2, 0.25) is 0 Å². The number of amides is 1. The monoisotopic (exact) mass is 264 g/mol. The van der Waals surface area contributed by atoms with Crippen molar-refractivity contribution in [1.29, 1.82) is 0 Å². The van der Waals surface area contributed by atoms with E-state index in [-0.39, 0.29) is 11.9 Å². The van der Waals surface area contributed by atoms with Crippen molar-refractivity contribution in [2.24, 2.45) is 0 Å². The van der Waals surface area contributed by atoms with Crippen LogP contribution in [0.1, 0.15) is 44.6 Å². The van der Waals surface area contributed by atoms with Gasteiger partial charge in [0.1, 0.15) is 11.5 Å². The summed E-state index contributed by atoms with van der Waals surface area (Å²) in [4.78, 5) is 13.5. The van der Waals surface area contributed by atoms with Crippen LogP contribution in [-0.4, -0.2) is 29.9 Å². The van der Waals surface area contributed by atoms with E-state index in [9.17, 15) is 4.79 Å². The van der Waals surface area contributed by atoms with E-state index in [1.807, 2.05) is 0 Å². The molecule has 1 atom stereocenters. The molecule has 1 N–H and O–H groups in total. The van der Waals surface area contributed by atoms with Crippen LogP contribution in [0.15, 0.2) is 16.5 Å². The molecule has 19 heavy (non-hydrogen) atoms. The van der Waals surface area contributed by atoms with Crippen LogP contribution in [0.4, 0.5) is 0 Å². The molecular weight excluding hydrogens is 240 g/mol. The Bertz CT molecular complexity index is 414. The van der Waals surface area contributed by atoms with Gasteiger partial charge in [-0.15, -0.1) is 0 Å². The molecule has 0 spiro atoms. The minimum atomic E-state index is 0.0649. The number of piperidine rings is 1. The molecule has 0 aliphatic carbocycles. The number of hydrogen-bond acceptors (Lipinski definition) is 3. The van der Waals surface area contributed by atoms with Crippen LogP contribution in [0.3, 0.4) is 0 Å². The topological polar surface area (TPSA) is 45.5 Å². The number of aryl methyl sites for hydroxylation is 1. The van der Waals surface area contributed by atoms with Gasteiger partial charge < -0.3 is 9.73 Å². The third kappa shape index (κ3) is 4.39. The Kier molecular flexibility index (Phi) is 5.02. The summed E-state index contributed by atoms with van der Waals surface area (Å²) in [5.41, 5.74) is 0. The van der Waals surface area contributed by atoms with E-state index in [2.05, 4.69) is 29.3 Å². The maximum absolute atomic E-state index is 11.1. The van der Waals surface area contributed by atoms with Crippen molar-refractivity contribution in [3.05, 3.63) is 23.7 Å². The maximum atomic E-state index is 11.1. The zero-order valence-electron chi connectivity index (χ0n) is 11.9. The van der Waals surface area contributed by atoms with Crippen molar-refractivity contribution in [3.63, 3.8) is 0 Å². The minimum Gasteiger partial charge on any atom is -0.465 e. The number of furan rings is 1. The summed E-state index contributed by atoms with van der Waals surface area (Å²) >= 11 is 0. The van der Waals surface area contributed by atoms with Crippen molar-refractivity contribution in [3.8, 4) is 0 Å². The second-order valence-electron chi connectivity index (χ2n) is 5.39. The van der Waals surface area contributed by atoms with E-state index in [1.165, 1.54) is 0 Å². The van der Waals surface area contributed by atoms with E-state index in [0.717, 1.165) is 56.8 Å². The molecule has 0 unspecified atom stereocenters. The van der Waals surface area contributed by atoms with E-state index >= 15 is 0 Å². The molecule has 0 saturated carbocycles. The van der Waals surface area contributed by atoms with Crippen molar-refractivity contribution >= 4 is 5.91 Å². The first-order valence-electron chi connectivity index (χ1n) is 7.24. The van der Waals surface area contributed by atoms with Gasteiger partial charge in [-0.2, -0.15) is 0 Å². The Morgan fingerprint density at radius 2 is 2.26 bits per heavy atom. The molecular formula is C15H24N2O2. The molecule has 1 amide bonds. The summed E-state index contributed by atoms with van der Waals surface area (Å²) in [5, 5.41) is 3.01. The quantitative estimate of drug-likeness (QED) is 0.888. The fraction of sp³-hybridized carbons (Fsp3) is 0.667. The summed E-state index contributed by atoms with van der Waals surface area (Å²) in [6, 6.07) is 4.44. The number of hydrogen-bond donors (Lipinski definition) is 1. The lowest BCUT2D eigenvalue weighted by molar-refractivity contribution is -0.120. The lowest BCUT2D eigenvalue weighted by Gasteiger charge is -2.32. The van der Waals surface area contributed by atoms with Crippen LogP contribution in [0.5, 0.6) is 0 Å². The van der Waals surface area contributed by atoms with Crippen molar-refractivity contribution < 1.29 is 9.21 Å². The summed E-state index contributed by atoms with van der Waals surface area (Å²) in [5.74, 6) is 2.18. The molecule has 2 rings (SSSR count). The Morgan fingerprint density at radius 1 is 1.47 bits per heavy atom. The Balaban J connectivity index is 1.85. The van der Waals surface area contributed by atoms with Gasteiger partial charge in [0, 0.05) is 25.9 Å². The molecule has 1 aromatic heterocycles. The Labute approximate surface area is 115 Å². The maximum Gasteiger partial charge on any atom is 0.217 e. The largest absolute Gasteiger partial charge is 0.465 e. The van der Waals surface area contributed by atoms with E-state index < -0.39 is 0 Å². The smallest absolute Gasteiger partial charge is 0.217 e. The van der Waals surface area contributed by atoms with Crippen molar-refractivity contribution in [2.75, 3.05) is 13.1 Å². The van der Waals surface area contributed by atoms with Crippen molar-refractivity contribution in [2.45, 2.75) is 52.1 Å². The highest BCUT2D eigenvalue weighted by Gasteiger charge is 2.21. The molecule has 1 aromatic rings. The highest BCUT2D eigenvalue weighted by atomic mass is 16.3. The zero-order chi connectivity index (χ0) is 13.7. The van der Waals surface area contributed by atoms with E-state index in [0.29, 0.717) is 0 Å². The zero-order valence-corrected chi connectivity index (χ0v) is 11.9. The highest BCUT2D eigenvalue weighted by Crippen LogP contribution is 2.16. The lowest BCUT2D eigenvalue weighted by Crippen LogP contribution is -2.46. The molecule has 1 aliphatic rings. The van der Waals surface area contributed by atoms with Gasteiger partial charge >= 0.3 is 0 Å². The normalized spacial score (nSPS) is 20.4. The molecule has 1 aliphatic heterocycles. The summed E-state index contributed by atoms with van der Waals surface area (Å²) in [7, 11) is 0. The summed E-state index contributed by atoms with van der Waals surface area (Å²) < 4.78 is 5.81. The second kappa shape index (κ2) is 6.75. The molecule has 1 saturated heterocycles. The predicted molar refractivity (Wildman–Crippen MR) is 74.8 cm³/mol. The Morgan fingerprint density at radius 3 is 3.00 bits per heavy atom. The van der Waals surface area contributed by atoms with Crippen LogP contribution >= 0.6 is 0 Å². The third-order valence-electron chi connectivity index (χ3n) is 3.51. The van der Waals surface area contributed by atoms with Crippen LogP contribution in [-0.2, 0) is 17.8 Å². The van der Waals surface area contributed by atoms with Crippen molar-refractivity contribution in [1.82, 2.24) is 10.2 Å². The van der Waals surface area contributed by atoms with Gasteiger partial charge in [-0.1, -0.05) is 6.92 Å². The molecule has 106 valence electrons. The van der Waals surface area contributed by atoms with Gasteiger partial charge in [0.25, 0.3) is 0 Å². The summed E-state index contributed by atoms with van der Waals surface area (Å²) in [6.07, 6.45) is 4.33. The first-order chi connectivity index (χ1) is 9.17. The van der Waals surface area contributed by atoms with E-state index in [1.54, 1.807) is 6.92 Å². The number of nitrogens with one attached hydrogen (secondary N) is 1. The van der Waals surface area contributed by atoms with Gasteiger partial charge in [-0.3, -0.25) is 9.69 Å².